The van der Waals surface area contributed by atoms with E-state index in [1.165, 1.54) is 11.8 Å². The summed E-state index contributed by atoms with van der Waals surface area (Å²) < 4.78 is 10.2. The lowest BCUT2D eigenvalue weighted by Crippen LogP contribution is -2.40. The van der Waals surface area contributed by atoms with E-state index in [-0.39, 0.29) is 22.7 Å². The first kappa shape index (κ1) is 33.6. The molecule has 1 fully saturated rings. The fraction of sp³-hybridized carbons (Fsp3) is 0.394. The van der Waals surface area contributed by atoms with Gasteiger partial charge in [0.15, 0.2) is 0 Å². The summed E-state index contributed by atoms with van der Waals surface area (Å²) in [5, 5.41) is 9.61. The average Bonchev–Trinajstić information content (AvgIpc) is 3.61. The van der Waals surface area contributed by atoms with Crippen molar-refractivity contribution < 1.29 is 23.9 Å². The van der Waals surface area contributed by atoms with Gasteiger partial charge in [-0.2, -0.15) is 14.7 Å². The maximum absolute atomic E-state index is 14.4. The van der Waals surface area contributed by atoms with Crippen LogP contribution in [-0.4, -0.2) is 61.6 Å². The van der Waals surface area contributed by atoms with E-state index in [1.807, 2.05) is 68.6 Å². The molecule has 4 aromatic rings. The Morgan fingerprint density at radius 1 is 1.07 bits per heavy atom. The molecule has 46 heavy (non-hydrogen) atoms. The van der Waals surface area contributed by atoms with Gasteiger partial charge in [0.2, 0.25) is 0 Å². The monoisotopic (exact) mass is 683 g/mol. The van der Waals surface area contributed by atoms with Gasteiger partial charge < -0.3 is 19.5 Å². The van der Waals surface area contributed by atoms with Crippen molar-refractivity contribution in [1.82, 2.24) is 24.6 Å². The van der Waals surface area contributed by atoms with Crippen molar-refractivity contribution in [1.29, 1.82) is 0 Å². The molecule has 4 heterocycles. The van der Waals surface area contributed by atoms with Crippen LogP contribution >= 0.6 is 35.0 Å². The Morgan fingerprint density at radius 2 is 1.76 bits per heavy atom. The number of amides is 2. The lowest BCUT2D eigenvalue weighted by atomic mass is 9.98. The minimum atomic E-state index is -0.233. The van der Waals surface area contributed by atoms with E-state index < -0.39 is 0 Å². The van der Waals surface area contributed by atoms with Crippen molar-refractivity contribution in [3.8, 4) is 16.9 Å². The SMILES string of the molecule is Cc1cc(OCCCc2c3n(c4c(-c5c(C)nn(C)c5C)c(Cl)ccc24)CCCN(C2CNC(=O)S2)C3=O)cc(C)c1Cl.O=C=O. The van der Waals surface area contributed by atoms with Crippen molar-refractivity contribution in [3.05, 3.63) is 68.1 Å². The molecule has 6 rings (SSSR count). The molecule has 1 atom stereocenters. The van der Waals surface area contributed by atoms with Gasteiger partial charge in [0.05, 0.1) is 22.8 Å². The molecule has 2 aliphatic heterocycles. The summed E-state index contributed by atoms with van der Waals surface area (Å²) in [4.78, 5) is 44.6. The van der Waals surface area contributed by atoms with Crippen LogP contribution < -0.4 is 10.1 Å². The van der Waals surface area contributed by atoms with Crippen LogP contribution in [0.3, 0.4) is 0 Å². The number of ether oxygens (including phenoxy) is 1. The zero-order valence-corrected chi connectivity index (χ0v) is 28.7. The quantitative estimate of drug-likeness (QED) is 0.217. The second-order valence-electron chi connectivity index (χ2n) is 11.5. The number of aromatic nitrogens is 3. The first-order valence-corrected chi connectivity index (χ1v) is 16.6. The van der Waals surface area contributed by atoms with Crippen molar-refractivity contribution >= 4 is 63.2 Å². The fourth-order valence-corrected chi connectivity index (χ4v) is 7.74. The smallest absolute Gasteiger partial charge is 0.373 e. The Balaban J connectivity index is 0.00000134. The van der Waals surface area contributed by atoms with Crippen LogP contribution in [0.25, 0.3) is 22.0 Å². The maximum Gasteiger partial charge on any atom is 0.373 e. The molecule has 1 unspecified atom stereocenters. The van der Waals surface area contributed by atoms with Crippen LogP contribution in [0.1, 0.15) is 51.4 Å². The van der Waals surface area contributed by atoms with Gasteiger partial charge in [0.1, 0.15) is 16.8 Å². The molecule has 0 spiro atoms. The standard InChI is InChI=1S/C32H35Cl2N5O3S.CO2/c1-17-14-21(15-18(2)28(17)34)42-13-6-8-22-23-9-10-24(33)27(26-19(3)36-37(5)20(26)4)29(23)39-12-7-11-38(31(40)30(22)39)25-16-35-32(41)43-25;2-1-3/h9-10,14-15,25H,6-8,11-13,16H2,1-5H3,(H,35,41);. The molecular formula is C33H35Cl2N5O5S. The van der Waals surface area contributed by atoms with Gasteiger partial charge in [-0.15, -0.1) is 0 Å². The second-order valence-corrected chi connectivity index (χ2v) is 13.4. The lowest BCUT2D eigenvalue weighted by Gasteiger charge is -2.25. The molecule has 242 valence electrons. The normalized spacial score (nSPS) is 16.1. The Bertz CT molecular complexity index is 1850. The molecule has 2 aromatic carbocycles. The van der Waals surface area contributed by atoms with Crippen LogP contribution in [0.2, 0.25) is 10.0 Å². The Labute approximate surface area is 281 Å². The van der Waals surface area contributed by atoms with Crippen LogP contribution in [0.15, 0.2) is 24.3 Å². The number of nitrogens with zero attached hydrogens (tertiary/aromatic N) is 4. The summed E-state index contributed by atoms with van der Waals surface area (Å²) in [6.07, 6.45) is 2.37. The number of hydrogen-bond donors (Lipinski definition) is 1. The number of halogens is 2. The summed E-state index contributed by atoms with van der Waals surface area (Å²) in [6, 6.07) is 7.89. The van der Waals surface area contributed by atoms with Crippen molar-refractivity contribution in [2.75, 3.05) is 19.7 Å². The molecule has 2 aromatic heterocycles. The van der Waals surface area contributed by atoms with Gasteiger partial charge >= 0.3 is 6.15 Å². The van der Waals surface area contributed by atoms with Gasteiger partial charge in [-0.1, -0.05) is 29.3 Å². The highest BCUT2D eigenvalue weighted by Gasteiger charge is 2.37. The van der Waals surface area contributed by atoms with Crippen LogP contribution in [0, 0.1) is 27.7 Å². The first-order chi connectivity index (χ1) is 22.0. The largest absolute Gasteiger partial charge is 0.494 e. The number of thioether (sulfide) groups is 1. The van der Waals surface area contributed by atoms with E-state index in [1.54, 1.807) is 0 Å². The number of benzene rings is 2. The third kappa shape index (κ3) is 6.29. The highest BCUT2D eigenvalue weighted by atomic mass is 35.5. The number of fused-ring (bicyclic) bond motifs is 3. The summed E-state index contributed by atoms with van der Waals surface area (Å²) in [5.41, 5.74) is 8.39. The third-order valence-electron chi connectivity index (χ3n) is 8.54. The van der Waals surface area contributed by atoms with E-state index in [9.17, 15) is 9.59 Å². The predicted molar refractivity (Wildman–Crippen MR) is 179 cm³/mol. The van der Waals surface area contributed by atoms with Crippen LogP contribution in [-0.2, 0) is 29.6 Å². The maximum atomic E-state index is 14.4. The minimum Gasteiger partial charge on any atom is -0.494 e. The summed E-state index contributed by atoms with van der Waals surface area (Å²) in [7, 11) is 1.93. The van der Waals surface area contributed by atoms with Gasteiger partial charge in [-0.25, -0.2) is 0 Å². The summed E-state index contributed by atoms with van der Waals surface area (Å²) in [5.74, 6) is 0.735. The number of carbonyl (C=O) groups is 2. The van der Waals surface area contributed by atoms with Crippen LogP contribution in [0.4, 0.5) is 4.79 Å². The molecule has 0 aliphatic carbocycles. The third-order valence-corrected chi connectivity index (χ3v) is 10.5. The molecule has 2 aliphatic rings. The number of hydrogen-bond acceptors (Lipinski definition) is 7. The minimum absolute atomic E-state index is 0.0516. The Morgan fingerprint density at radius 3 is 2.37 bits per heavy atom. The molecule has 1 saturated heterocycles. The van der Waals surface area contributed by atoms with Crippen molar-refractivity contribution in [2.45, 2.75) is 58.9 Å². The van der Waals surface area contributed by atoms with E-state index in [2.05, 4.69) is 15.0 Å². The molecule has 1 N–H and O–H groups in total. The molecule has 10 nitrogen and oxygen atoms in total. The van der Waals surface area contributed by atoms with Crippen LogP contribution in [0.5, 0.6) is 5.75 Å². The van der Waals surface area contributed by atoms with E-state index >= 15 is 0 Å². The summed E-state index contributed by atoms with van der Waals surface area (Å²) in [6.45, 7) is 10.2. The van der Waals surface area contributed by atoms with Crippen molar-refractivity contribution in [3.63, 3.8) is 0 Å². The molecule has 2 amide bonds. The number of aryl methyl sites for hydroxylation is 6. The van der Waals surface area contributed by atoms with Gasteiger partial charge in [0.25, 0.3) is 11.1 Å². The number of carbonyl (C=O) groups excluding carboxylic acids is 4. The summed E-state index contributed by atoms with van der Waals surface area (Å²) >= 11 is 14.5. The molecule has 13 heteroatoms. The Kier molecular flexibility index (Phi) is 10.2. The van der Waals surface area contributed by atoms with Gasteiger partial charge in [-0.05, 0) is 93.6 Å². The molecule has 0 saturated carbocycles. The zero-order chi connectivity index (χ0) is 33.3. The second kappa shape index (κ2) is 13.9. The number of nitrogens with one attached hydrogen (secondary N) is 1. The molecule has 0 bridgehead atoms. The fourth-order valence-electron chi connectivity index (χ4n) is 6.48. The highest BCUT2D eigenvalue weighted by molar-refractivity contribution is 8.14. The van der Waals surface area contributed by atoms with E-state index in [0.717, 1.165) is 67.3 Å². The zero-order valence-electron chi connectivity index (χ0n) is 26.3. The molecular weight excluding hydrogens is 649 g/mol. The van der Waals surface area contributed by atoms with E-state index in [0.29, 0.717) is 49.8 Å². The lowest BCUT2D eigenvalue weighted by molar-refractivity contribution is -0.191. The van der Waals surface area contributed by atoms with Crippen molar-refractivity contribution in [2.24, 2.45) is 7.05 Å². The molecule has 0 radical (unpaired) electrons. The first-order valence-electron chi connectivity index (χ1n) is 15.0. The van der Waals surface area contributed by atoms with Gasteiger partial charge in [-0.3, -0.25) is 14.3 Å². The highest BCUT2D eigenvalue weighted by Crippen LogP contribution is 2.43. The van der Waals surface area contributed by atoms with E-state index in [4.69, 9.17) is 37.5 Å². The average molecular weight is 685 g/mol. The van der Waals surface area contributed by atoms with Gasteiger partial charge in [0, 0.05) is 53.9 Å². The topological polar surface area (TPSA) is 116 Å². The number of rotatable bonds is 7. The Hall–Kier alpha value is -3.76. The predicted octanol–water partition coefficient (Wildman–Crippen LogP) is 6.64.